The van der Waals surface area contributed by atoms with Gasteiger partial charge in [-0.2, -0.15) is 0 Å². The van der Waals surface area contributed by atoms with Crippen LogP contribution in [0.3, 0.4) is 0 Å². The predicted octanol–water partition coefficient (Wildman–Crippen LogP) is 3.19. The third kappa shape index (κ3) is 4.61. The number of likely N-dealkylation sites (tertiary alicyclic amines) is 1. The van der Waals surface area contributed by atoms with E-state index in [1.54, 1.807) is 6.92 Å². The molecule has 1 aliphatic heterocycles. The van der Waals surface area contributed by atoms with Gasteiger partial charge in [0, 0.05) is 25.7 Å². The van der Waals surface area contributed by atoms with E-state index in [0.717, 1.165) is 25.8 Å². The number of rotatable bonds is 6. The van der Waals surface area contributed by atoms with Crippen LogP contribution in [0.25, 0.3) is 0 Å². The second kappa shape index (κ2) is 7.66. The fourth-order valence-corrected chi connectivity index (χ4v) is 2.69. The molecular weight excluding hydrogens is 268 g/mol. The van der Waals surface area contributed by atoms with E-state index in [1.807, 2.05) is 23.6 Å². The molecule has 0 unspecified atom stereocenters. The van der Waals surface area contributed by atoms with Crippen molar-refractivity contribution in [3.05, 3.63) is 0 Å². The van der Waals surface area contributed by atoms with Crippen molar-refractivity contribution < 1.29 is 14.7 Å². The van der Waals surface area contributed by atoms with E-state index in [0.29, 0.717) is 25.9 Å². The number of piperidine rings is 1. The molecule has 1 saturated heterocycles. The van der Waals surface area contributed by atoms with Crippen molar-refractivity contribution in [3.63, 3.8) is 0 Å². The topological polar surface area (TPSA) is 60.9 Å². The summed E-state index contributed by atoms with van der Waals surface area (Å²) in [4.78, 5) is 27.6. The summed E-state index contributed by atoms with van der Waals surface area (Å²) >= 11 is 0. The summed E-state index contributed by atoms with van der Waals surface area (Å²) in [7, 11) is 0. The molecule has 0 aromatic carbocycles. The molecule has 21 heavy (non-hydrogen) atoms. The van der Waals surface area contributed by atoms with Gasteiger partial charge >= 0.3 is 12.0 Å². The number of unbranched alkanes of at least 4 members (excludes halogenated alkanes) is 2. The summed E-state index contributed by atoms with van der Waals surface area (Å²) in [6.45, 7) is 9.87. The average Bonchev–Trinajstić information content (AvgIpc) is 2.43. The summed E-state index contributed by atoms with van der Waals surface area (Å²) in [6.07, 6.45) is 4.37. The molecule has 0 atom stereocenters. The van der Waals surface area contributed by atoms with Crippen LogP contribution in [0.5, 0.6) is 0 Å². The summed E-state index contributed by atoms with van der Waals surface area (Å²) in [5.41, 5.74) is -0.679. The molecule has 0 bridgehead atoms. The number of nitrogens with zero attached hydrogens (tertiary/aromatic N) is 2. The van der Waals surface area contributed by atoms with Crippen LogP contribution in [-0.2, 0) is 4.79 Å². The minimum absolute atomic E-state index is 0.0635. The molecule has 122 valence electrons. The number of aliphatic carboxylic acids is 1. The lowest BCUT2D eigenvalue weighted by Crippen LogP contribution is -2.51. The maximum absolute atomic E-state index is 12.6. The Labute approximate surface area is 128 Å². The molecule has 5 nitrogen and oxygen atoms in total. The first-order chi connectivity index (χ1) is 9.81. The normalized spacial score (nSPS) is 17.9. The highest BCUT2D eigenvalue weighted by Gasteiger charge is 2.39. The van der Waals surface area contributed by atoms with E-state index in [2.05, 4.69) is 6.92 Å². The number of amides is 2. The van der Waals surface area contributed by atoms with Crippen LogP contribution in [0.15, 0.2) is 0 Å². The first-order valence-corrected chi connectivity index (χ1v) is 8.10. The Balaban J connectivity index is 2.59. The molecule has 1 rings (SSSR count). The lowest BCUT2D eigenvalue weighted by Gasteiger charge is -2.40. The largest absolute Gasteiger partial charge is 0.481 e. The number of urea groups is 1. The zero-order valence-corrected chi connectivity index (χ0v) is 13.9. The third-order valence-electron chi connectivity index (χ3n) is 4.53. The molecule has 0 aliphatic carbocycles. The number of carbonyl (C=O) groups excluding carboxylic acids is 1. The van der Waals surface area contributed by atoms with E-state index in [-0.39, 0.29) is 12.1 Å². The van der Waals surface area contributed by atoms with Crippen LogP contribution >= 0.6 is 0 Å². The maximum Gasteiger partial charge on any atom is 0.320 e. The van der Waals surface area contributed by atoms with Gasteiger partial charge in [0.2, 0.25) is 0 Å². The summed E-state index contributed by atoms with van der Waals surface area (Å²) in [5, 5.41) is 9.25. The van der Waals surface area contributed by atoms with Gasteiger partial charge in [-0.25, -0.2) is 4.79 Å². The molecular formula is C16H30N2O3. The Bertz CT molecular complexity index is 361. The van der Waals surface area contributed by atoms with Gasteiger partial charge in [-0.05, 0) is 40.0 Å². The zero-order valence-electron chi connectivity index (χ0n) is 13.9. The number of carboxylic acid groups (broad SMARTS) is 1. The molecule has 0 saturated carbocycles. The minimum Gasteiger partial charge on any atom is -0.481 e. The van der Waals surface area contributed by atoms with Crippen LogP contribution in [0.1, 0.15) is 59.8 Å². The van der Waals surface area contributed by atoms with Gasteiger partial charge in [0.25, 0.3) is 0 Å². The van der Waals surface area contributed by atoms with Crippen LogP contribution in [0.4, 0.5) is 4.79 Å². The predicted molar refractivity (Wildman–Crippen MR) is 83.3 cm³/mol. The van der Waals surface area contributed by atoms with Crippen molar-refractivity contribution in [1.29, 1.82) is 0 Å². The van der Waals surface area contributed by atoms with Crippen molar-refractivity contribution >= 4 is 12.0 Å². The smallest absolute Gasteiger partial charge is 0.320 e. The molecule has 0 spiro atoms. The third-order valence-corrected chi connectivity index (χ3v) is 4.53. The number of hydrogen-bond donors (Lipinski definition) is 1. The Kier molecular flexibility index (Phi) is 6.49. The van der Waals surface area contributed by atoms with E-state index in [4.69, 9.17) is 0 Å². The lowest BCUT2D eigenvalue weighted by atomic mass is 9.80. The maximum atomic E-state index is 12.6. The summed E-state index contributed by atoms with van der Waals surface area (Å²) in [6, 6.07) is 0.246. The number of carbonyl (C=O) groups is 2. The highest BCUT2D eigenvalue weighted by molar-refractivity contribution is 5.77. The van der Waals surface area contributed by atoms with Gasteiger partial charge in [-0.1, -0.05) is 19.8 Å². The van der Waals surface area contributed by atoms with Crippen LogP contribution in [0, 0.1) is 5.41 Å². The molecule has 1 heterocycles. The van der Waals surface area contributed by atoms with Gasteiger partial charge in [-0.15, -0.1) is 0 Å². The fourth-order valence-electron chi connectivity index (χ4n) is 2.69. The van der Waals surface area contributed by atoms with Gasteiger partial charge in [0.1, 0.15) is 0 Å². The number of carboxylic acids is 1. The monoisotopic (exact) mass is 298 g/mol. The van der Waals surface area contributed by atoms with Crippen LogP contribution < -0.4 is 0 Å². The van der Waals surface area contributed by atoms with Crippen molar-refractivity contribution in [2.45, 2.75) is 65.8 Å². The SMILES string of the molecule is CCCCCN(C(=O)N1CCC(C)(C(=O)O)CC1)C(C)C. The Morgan fingerprint density at radius 3 is 2.24 bits per heavy atom. The standard InChI is InChI=1S/C16H30N2O3/c1-5-6-7-10-18(13(2)3)15(21)17-11-8-16(4,9-12-17)14(19)20/h13H,5-12H2,1-4H3,(H,19,20). The molecule has 0 aromatic rings. The summed E-state index contributed by atoms with van der Waals surface area (Å²) in [5.74, 6) is -0.752. The van der Waals surface area contributed by atoms with Crippen molar-refractivity contribution in [2.75, 3.05) is 19.6 Å². The van der Waals surface area contributed by atoms with Crippen molar-refractivity contribution in [3.8, 4) is 0 Å². The van der Waals surface area contributed by atoms with Gasteiger partial charge in [-0.3, -0.25) is 4.79 Å². The van der Waals surface area contributed by atoms with Gasteiger partial charge in [0.05, 0.1) is 5.41 Å². The quantitative estimate of drug-likeness (QED) is 0.766. The van der Waals surface area contributed by atoms with Crippen molar-refractivity contribution in [1.82, 2.24) is 9.80 Å². The Hall–Kier alpha value is -1.26. The molecule has 0 aromatic heterocycles. The second-order valence-corrected chi connectivity index (χ2v) is 6.63. The molecule has 2 amide bonds. The van der Waals surface area contributed by atoms with E-state index in [9.17, 15) is 14.7 Å². The molecule has 1 N–H and O–H groups in total. The first kappa shape index (κ1) is 17.8. The van der Waals surface area contributed by atoms with Crippen molar-refractivity contribution in [2.24, 2.45) is 5.41 Å². The fraction of sp³-hybridized carbons (Fsp3) is 0.875. The van der Waals surface area contributed by atoms with E-state index < -0.39 is 11.4 Å². The van der Waals surface area contributed by atoms with E-state index in [1.165, 1.54) is 0 Å². The van der Waals surface area contributed by atoms with E-state index >= 15 is 0 Å². The Morgan fingerprint density at radius 2 is 1.81 bits per heavy atom. The zero-order chi connectivity index (χ0) is 16.0. The highest BCUT2D eigenvalue weighted by Crippen LogP contribution is 2.31. The first-order valence-electron chi connectivity index (χ1n) is 8.10. The summed E-state index contributed by atoms with van der Waals surface area (Å²) < 4.78 is 0. The van der Waals surface area contributed by atoms with Crippen LogP contribution in [0.2, 0.25) is 0 Å². The highest BCUT2D eigenvalue weighted by atomic mass is 16.4. The molecule has 1 fully saturated rings. The molecule has 5 heteroatoms. The van der Waals surface area contributed by atoms with Crippen LogP contribution in [-0.4, -0.2) is 52.6 Å². The second-order valence-electron chi connectivity index (χ2n) is 6.63. The minimum atomic E-state index is -0.752. The lowest BCUT2D eigenvalue weighted by molar-refractivity contribution is -0.150. The van der Waals surface area contributed by atoms with Gasteiger partial charge in [0.15, 0.2) is 0 Å². The van der Waals surface area contributed by atoms with Gasteiger partial charge < -0.3 is 14.9 Å². The Morgan fingerprint density at radius 1 is 1.24 bits per heavy atom. The number of hydrogen-bond acceptors (Lipinski definition) is 2. The molecule has 1 aliphatic rings. The average molecular weight is 298 g/mol. The molecule has 0 radical (unpaired) electrons.